The molecule has 0 amide bonds. The molecule has 0 aliphatic heterocycles. The smallest absolute Gasteiger partial charge is 0.314 e. The molecule has 2 atom stereocenters. The Morgan fingerprint density at radius 3 is 2.94 bits per heavy atom. The molecular weight excluding hydrogens is 216 g/mol. The number of ether oxygens (including phenoxy) is 1. The van der Waals surface area contributed by atoms with Crippen LogP contribution in [0.5, 0.6) is 0 Å². The van der Waals surface area contributed by atoms with E-state index in [1.807, 2.05) is 6.92 Å². The topological polar surface area (TPSA) is 46.5 Å². The molecule has 0 bridgehead atoms. The first-order valence-corrected chi connectivity index (χ1v) is 6.63. The largest absolute Gasteiger partial charge is 0.465 e. The molecule has 17 heavy (non-hydrogen) atoms. The average molecular weight is 240 g/mol. The van der Waals surface area contributed by atoms with Crippen LogP contribution in [0.3, 0.4) is 0 Å². The second-order valence-corrected chi connectivity index (χ2v) is 4.82. The maximum atomic E-state index is 12.2. The molecule has 0 aromatic heterocycles. The number of rotatable bonds is 5. The zero-order chi connectivity index (χ0) is 12.7. The summed E-state index contributed by atoms with van der Waals surface area (Å²) in [4.78, 5) is 12.2. The van der Waals surface area contributed by atoms with Crippen LogP contribution in [0.15, 0.2) is 12.7 Å². The van der Waals surface area contributed by atoms with E-state index in [4.69, 9.17) is 4.74 Å². The highest BCUT2D eigenvalue weighted by molar-refractivity contribution is 5.77. The van der Waals surface area contributed by atoms with Crippen LogP contribution in [-0.4, -0.2) is 23.8 Å². The van der Waals surface area contributed by atoms with E-state index in [-0.39, 0.29) is 5.97 Å². The van der Waals surface area contributed by atoms with Crippen molar-refractivity contribution in [1.29, 1.82) is 0 Å². The van der Waals surface area contributed by atoms with Crippen LogP contribution in [-0.2, 0) is 9.53 Å². The van der Waals surface area contributed by atoms with Crippen molar-refractivity contribution in [2.24, 2.45) is 5.41 Å². The van der Waals surface area contributed by atoms with Gasteiger partial charge in [0.25, 0.3) is 0 Å². The second-order valence-electron chi connectivity index (χ2n) is 4.82. The molecular formula is C14H24O3. The van der Waals surface area contributed by atoms with E-state index in [2.05, 4.69) is 6.58 Å². The minimum absolute atomic E-state index is 0.226. The van der Waals surface area contributed by atoms with Crippen molar-refractivity contribution in [2.45, 2.75) is 58.0 Å². The first-order valence-electron chi connectivity index (χ1n) is 6.63. The Kier molecular flexibility index (Phi) is 5.69. The van der Waals surface area contributed by atoms with E-state index in [0.29, 0.717) is 19.4 Å². The van der Waals surface area contributed by atoms with Crippen molar-refractivity contribution in [3.8, 4) is 0 Å². The van der Waals surface area contributed by atoms with Crippen molar-refractivity contribution < 1.29 is 14.6 Å². The monoisotopic (exact) mass is 240 g/mol. The zero-order valence-corrected chi connectivity index (χ0v) is 10.8. The van der Waals surface area contributed by atoms with Gasteiger partial charge in [0.15, 0.2) is 0 Å². The highest BCUT2D eigenvalue weighted by Crippen LogP contribution is 2.40. The summed E-state index contributed by atoms with van der Waals surface area (Å²) >= 11 is 0. The van der Waals surface area contributed by atoms with E-state index < -0.39 is 11.5 Å². The van der Waals surface area contributed by atoms with E-state index in [1.54, 1.807) is 6.08 Å². The number of carbonyl (C=O) groups is 1. The Labute approximate surface area is 104 Å². The Morgan fingerprint density at radius 1 is 1.53 bits per heavy atom. The summed E-state index contributed by atoms with van der Waals surface area (Å²) in [5, 5.41) is 10.3. The number of esters is 1. The molecule has 0 unspecified atom stereocenters. The van der Waals surface area contributed by atoms with Crippen LogP contribution >= 0.6 is 0 Å². The fraction of sp³-hybridized carbons (Fsp3) is 0.786. The van der Waals surface area contributed by atoms with Crippen molar-refractivity contribution in [2.75, 3.05) is 6.61 Å². The molecule has 0 saturated heterocycles. The summed E-state index contributed by atoms with van der Waals surface area (Å²) in [5.41, 5.74) is -0.694. The third-order valence-electron chi connectivity index (χ3n) is 3.71. The van der Waals surface area contributed by atoms with Gasteiger partial charge in [0.05, 0.1) is 18.1 Å². The van der Waals surface area contributed by atoms with Crippen LogP contribution in [0, 0.1) is 5.41 Å². The summed E-state index contributed by atoms with van der Waals surface area (Å²) in [7, 11) is 0. The Hall–Kier alpha value is -0.830. The molecule has 0 aromatic carbocycles. The molecule has 3 heteroatoms. The molecule has 0 heterocycles. The molecule has 98 valence electrons. The molecule has 0 aromatic rings. The quantitative estimate of drug-likeness (QED) is 0.456. The highest BCUT2D eigenvalue weighted by Gasteiger charge is 2.45. The first-order chi connectivity index (χ1) is 8.17. The highest BCUT2D eigenvalue weighted by atomic mass is 16.5. The lowest BCUT2D eigenvalue weighted by atomic mass is 9.74. The Morgan fingerprint density at radius 2 is 2.29 bits per heavy atom. The number of allylic oxidation sites excluding steroid dienone is 1. The summed E-state index contributed by atoms with van der Waals surface area (Å²) in [6, 6.07) is 0. The van der Waals surface area contributed by atoms with E-state index in [1.165, 1.54) is 0 Å². The van der Waals surface area contributed by atoms with Gasteiger partial charge in [-0.05, 0) is 32.6 Å². The summed E-state index contributed by atoms with van der Waals surface area (Å²) in [5.74, 6) is -0.226. The third-order valence-corrected chi connectivity index (χ3v) is 3.71. The predicted molar refractivity (Wildman–Crippen MR) is 67.6 cm³/mol. The molecule has 1 rings (SSSR count). The normalized spacial score (nSPS) is 29.4. The average Bonchev–Trinajstić information content (AvgIpc) is 2.50. The fourth-order valence-electron chi connectivity index (χ4n) is 2.66. The van der Waals surface area contributed by atoms with Crippen LogP contribution < -0.4 is 0 Å². The minimum atomic E-state index is -0.694. The van der Waals surface area contributed by atoms with Gasteiger partial charge < -0.3 is 9.84 Å². The SMILES string of the molecule is C=CCC[C@@]1(C(=O)OCC)CCCCC[C@H]1O. The summed E-state index contributed by atoms with van der Waals surface area (Å²) in [6.07, 6.45) is 7.15. The van der Waals surface area contributed by atoms with Gasteiger partial charge in [0, 0.05) is 0 Å². The van der Waals surface area contributed by atoms with Crippen molar-refractivity contribution in [3.63, 3.8) is 0 Å². The van der Waals surface area contributed by atoms with Crippen molar-refractivity contribution in [3.05, 3.63) is 12.7 Å². The maximum absolute atomic E-state index is 12.2. The maximum Gasteiger partial charge on any atom is 0.314 e. The van der Waals surface area contributed by atoms with Crippen LogP contribution in [0.4, 0.5) is 0 Å². The zero-order valence-electron chi connectivity index (χ0n) is 10.8. The standard InChI is InChI=1S/C14H24O3/c1-3-5-10-14(13(16)17-4-2)11-8-6-7-9-12(14)15/h3,12,15H,1,4-11H2,2H3/t12-,14-/m1/s1. The van der Waals surface area contributed by atoms with Gasteiger partial charge in [-0.1, -0.05) is 25.3 Å². The van der Waals surface area contributed by atoms with Gasteiger partial charge in [-0.3, -0.25) is 4.79 Å². The third kappa shape index (κ3) is 3.32. The predicted octanol–water partition coefficient (Wildman–Crippen LogP) is 2.83. The molecule has 1 saturated carbocycles. The van der Waals surface area contributed by atoms with Crippen LogP contribution in [0.25, 0.3) is 0 Å². The molecule has 1 N–H and O–H groups in total. The van der Waals surface area contributed by atoms with Gasteiger partial charge >= 0.3 is 5.97 Å². The molecule has 1 aliphatic rings. The van der Waals surface area contributed by atoms with Crippen molar-refractivity contribution >= 4 is 5.97 Å². The first kappa shape index (κ1) is 14.2. The minimum Gasteiger partial charge on any atom is -0.465 e. The second kappa shape index (κ2) is 6.80. The van der Waals surface area contributed by atoms with Crippen LogP contribution in [0.1, 0.15) is 51.9 Å². The molecule has 0 spiro atoms. The van der Waals surface area contributed by atoms with Gasteiger partial charge in [0.1, 0.15) is 0 Å². The van der Waals surface area contributed by atoms with Gasteiger partial charge in [-0.2, -0.15) is 0 Å². The molecule has 3 nitrogen and oxygen atoms in total. The molecule has 1 aliphatic carbocycles. The fourth-order valence-corrected chi connectivity index (χ4v) is 2.66. The molecule has 1 fully saturated rings. The van der Waals surface area contributed by atoms with Crippen molar-refractivity contribution in [1.82, 2.24) is 0 Å². The van der Waals surface area contributed by atoms with Gasteiger partial charge in [-0.15, -0.1) is 6.58 Å². The number of aliphatic hydroxyl groups excluding tert-OH is 1. The van der Waals surface area contributed by atoms with E-state index in [9.17, 15) is 9.90 Å². The Balaban J connectivity index is 2.87. The Bertz CT molecular complexity index is 262. The lowest BCUT2D eigenvalue weighted by molar-refractivity contribution is -0.164. The number of aliphatic hydroxyl groups is 1. The lowest BCUT2D eigenvalue weighted by Gasteiger charge is -2.34. The summed E-state index contributed by atoms with van der Waals surface area (Å²) < 4.78 is 5.17. The number of hydrogen-bond donors (Lipinski definition) is 1. The lowest BCUT2D eigenvalue weighted by Crippen LogP contribution is -2.43. The number of hydrogen-bond acceptors (Lipinski definition) is 3. The van der Waals surface area contributed by atoms with Gasteiger partial charge in [-0.25, -0.2) is 0 Å². The van der Waals surface area contributed by atoms with Gasteiger partial charge in [0.2, 0.25) is 0 Å². The van der Waals surface area contributed by atoms with E-state index in [0.717, 1.165) is 32.1 Å². The summed E-state index contributed by atoms with van der Waals surface area (Å²) in [6.45, 7) is 5.88. The van der Waals surface area contributed by atoms with E-state index >= 15 is 0 Å². The molecule has 0 radical (unpaired) electrons. The number of carbonyl (C=O) groups excluding carboxylic acids is 1. The van der Waals surface area contributed by atoms with Crippen LogP contribution in [0.2, 0.25) is 0 Å².